The van der Waals surface area contributed by atoms with Crippen LogP contribution in [0.3, 0.4) is 0 Å². The normalized spacial score (nSPS) is 12.4. The van der Waals surface area contributed by atoms with Crippen LogP contribution in [-0.2, 0) is 0 Å². The van der Waals surface area contributed by atoms with Crippen molar-refractivity contribution in [2.75, 3.05) is 7.18 Å². The number of rotatable bonds is 2. The van der Waals surface area contributed by atoms with Crippen LogP contribution in [0.1, 0.15) is 6.42 Å². The number of hydrogen-bond donors (Lipinski definition) is 0. The van der Waals surface area contributed by atoms with Crippen LogP contribution >= 0.6 is 0 Å². The average Bonchev–Trinajstić information content (AvgIpc) is 2.26. The van der Waals surface area contributed by atoms with E-state index in [1.54, 1.807) is 0 Å². The van der Waals surface area contributed by atoms with Crippen molar-refractivity contribution in [2.24, 2.45) is 0 Å². The largest absolute Gasteiger partial charge is 0.417 e. The second kappa shape index (κ2) is 8.93. The number of hydrogen-bond acceptors (Lipinski definition) is 0. The van der Waals surface area contributed by atoms with Gasteiger partial charge in [0.1, 0.15) is 6.42 Å². The average molecular weight is 358 g/mol. The molecular weight excluding hydrogens is 348 g/mol. The van der Waals surface area contributed by atoms with E-state index in [-0.39, 0.29) is 6.08 Å². The Kier molecular flexibility index (Phi) is 10.4. The molecule has 0 fully saturated rings. The van der Waals surface area contributed by atoms with Crippen LogP contribution in [0.4, 0.5) is 52.7 Å². The molecule has 0 heterocycles. The lowest BCUT2D eigenvalue weighted by Crippen LogP contribution is -2.34. The number of alkyl halides is 12. The molecule has 0 N–H and O–H groups in total. The molecule has 0 aliphatic rings. The zero-order valence-electron chi connectivity index (χ0n) is 10.7. The molecule has 0 amide bonds. The summed E-state index contributed by atoms with van der Waals surface area (Å²) in [5.74, 6) is -5.02. The predicted octanol–water partition coefficient (Wildman–Crippen LogP) is 6.01. The van der Waals surface area contributed by atoms with Crippen molar-refractivity contribution in [1.82, 2.24) is 0 Å². The van der Waals surface area contributed by atoms with Crippen LogP contribution in [-0.4, -0.2) is 31.6 Å². The molecule has 0 aliphatic heterocycles. The Hall–Kier alpha value is -1.36. The molecule has 0 aromatic carbocycles. The molecular formula is C10H10F12. The second-order valence-electron chi connectivity index (χ2n) is 3.22. The number of allylic oxidation sites excluding steroid dienone is 2. The monoisotopic (exact) mass is 358 g/mol. The third-order valence-corrected chi connectivity index (χ3v) is 1.44. The maximum atomic E-state index is 12.3. The van der Waals surface area contributed by atoms with E-state index >= 15 is 0 Å². The van der Waals surface area contributed by atoms with Crippen molar-refractivity contribution >= 4 is 0 Å². The molecule has 0 rings (SSSR count). The molecule has 0 aliphatic carbocycles. The Morgan fingerprint density at radius 1 is 0.818 bits per heavy atom. The van der Waals surface area contributed by atoms with E-state index in [2.05, 4.69) is 6.58 Å². The molecule has 0 saturated heterocycles. The molecule has 0 bridgehead atoms. The van der Waals surface area contributed by atoms with E-state index < -0.39 is 36.4 Å². The van der Waals surface area contributed by atoms with Crippen molar-refractivity contribution in [3.05, 3.63) is 24.8 Å². The van der Waals surface area contributed by atoms with Gasteiger partial charge in [-0.3, -0.25) is 4.39 Å². The Morgan fingerprint density at radius 2 is 1.09 bits per heavy atom. The molecule has 0 nitrogen and oxygen atoms in total. The summed E-state index contributed by atoms with van der Waals surface area (Å²) in [7, 11) is 0.500. The van der Waals surface area contributed by atoms with Gasteiger partial charge in [0.25, 0.3) is 5.92 Å². The molecule has 22 heavy (non-hydrogen) atoms. The van der Waals surface area contributed by atoms with Crippen LogP contribution in [0.15, 0.2) is 24.8 Å². The van der Waals surface area contributed by atoms with Gasteiger partial charge >= 0.3 is 18.5 Å². The molecule has 0 unspecified atom stereocenters. The molecule has 0 radical (unpaired) electrons. The van der Waals surface area contributed by atoms with Gasteiger partial charge in [-0.25, -0.2) is 8.78 Å². The predicted molar refractivity (Wildman–Crippen MR) is 54.1 cm³/mol. The summed E-state index contributed by atoms with van der Waals surface area (Å²) in [4.78, 5) is 0. The highest BCUT2D eigenvalue weighted by molar-refractivity contribution is 5.14. The van der Waals surface area contributed by atoms with Gasteiger partial charge in [0, 0.05) is 6.08 Å². The summed E-state index contributed by atoms with van der Waals surface area (Å²) in [6.07, 6.45) is -18.0. The molecule has 12 heteroatoms. The molecule has 0 saturated carbocycles. The summed E-state index contributed by atoms with van der Waals surface area (Å²) >= 11 is 0. The fraction of sp³-hybridized carbons (Fsp3) is 0.600. The van der Waals surface area contributed by atoms with Crippen LogP contribution in [0.25, 0.3) is 0 Å². The van der Waals surface area contributed by atoms with Crippen molar-refractivity contribution in [3.8, 4) is 0 Å². The highest BCUT2D eigenvalue weighted by Gasteiger charge is 2.53. The molecule has 0 atom stereocenters. The summed E-state index contributed by atoms with van der Waals surface area (Å²) in [5.41, 5.74) is -2.69. The molecule has 134 valence electrons. The van der Waals surface area contributed by atoms with Gasteiger partial charge in [0.05, 0.1) is 12.8 Å². The quantitative estimate of drug-likeness (QED) is 0.419. The van der Waals surface area contributed by atoms with E-state index in [1.807, 2.05) is 6.58 Å². The standard InChI is InChI=1S/C6H4F8.C3H3F3.CH3F/c1-3(6(12,13)14)4(7,8)2-5(9,10)11;1-2-3(4,5)6;1-2/h1-2H2;2H,1H2;1H3. The summed E-state index contributed by atoms with van der Waals surface area (Å²) in [5, 5.41) is 0. The zero-order valence-corrected chi connectivity index (χ0v) is 10.7. The molecule has 0 spiro atoms. The summed E-state index contributed by atoms with van der Waals surface area (Å²) in [6, 6.07) is 0. The smallest absolute Gasteiger partial charge is 0.255 e. The van der Waals surface area contributed by atoms with E-state index in [1.165, 1.54) is 0 Å². The van der Waals surface area contributed by atoms with E-state index in [0.29, 0.717) is 7.18 Å². The van der Waals surface area contributed by atoms with Crippen LogP contribution in [0.2, 0.25) is 0 Å². The van der Waals surface area contributed by atoms with Crippen molar-refractivity contribution in [2.45, 2.75) is 30.9 Å². The second-order valence-corrected chi connectivity index (χ2v) is 3.22. The van der Waals surface area contributed by atoms with Gasteiger partial charge in [0.15, 0.2) is 0 Å². The topological polar surface area (TPSA) is 0 Å². The lowest BCUT2D eigenvalue weighted by Gasteiger charge is -2.21. The third-order valence-electron chi connectivity index (χ3n) is 1.44. The fourth-order valence-corrected chi connectivity index (χ4v) is 0.566. The Balaban J connectivity index is -0.000000378. The first-order chi connectivity index (χ1) is 9.42. The summed E-state index contributed by atoms with van der Waals surface area (Å²) in [6.45, 7) is 4.41. The fourth-order valence-electron chi connectivity index (χ4n) is 0.566. The molecule has 0 aromatic rings. The van der Waals surface area contributed by atoms with E-state index in [9.17, 15) is 52.7 Å². The first-order valence-corrected chi connectivity index (χ1v) is 4.71. The highest BCUT2D eigenvalue weighted by atomic mass is 19.4. The molecule has 0 aromatic heterocycles. The van der Waals surface area contributed by atoms with Gasteiger partial charge < -0.3 is 0 Å². The Bertz CT molecular complexity index is 329. The lowest BCUT2D eigenvalue weighted by atomic mass is 10.1. The van der Waals surface area contributed by atoms with E-state index in [0.717, 1.165) is 0 Å². The Morgan fingerprint density at radius 3 is 1.23 bits per heavy atom. The maximum absolute atomic E-state index is 12.3. The van der Waals surface area contributed by atoms with E-state index in [4.69, 9.17) is 0 Å². The van der Waals surface area contributed by atoms with Gasteiger partial charge in [-0.2, -0.15) is 39.5 Å². The van der Waals surface area contributed by atoms with Crippen LogP contribution in [0.5, 0.6) is 0 Å². The van der Waals surface area contributed by atoms with Gasteiger partial charge in [-0.15, -0.1) is 0 Å². The summed E-state index contributed by atoms with van der Waals surface area (Å²) < 4.78 is 135. The lowest BCUT2D eigenvalue weighted by molar-refractivity contribution is -0.195. The van der Waals surface area contributed by atoms with Crippen LogP contribution in [0, 0.1) is 0 Å². The number of halogens is 12. The minimum Gasteiger partial charge on any atom is -0.255 e. The minimum atomic E-state index is -5.53. The van der Waals surface area contributed by atoms with Crippen molar-refractivity contribution in [1.29, 1.82) is 0 Å². The highest BCUT2D eigenvalue weighted by Crippen LogP contribution is 2.42. The van der Waals surface area contributed by atoms with Gasteiger partial charge in [-0.1, -0.05) is 13.2 Å². The first kappa shape index (κ1) is 25.6. The SMILES string of the molecule is C=C(C(F)(F)F)C(F)(F)CC(F)(F)F.C=CC(F)(F)F.CF. The minimum absolute atomic E-state index is 0.0625. The Labute approximate surface area is 117 Å². The van der Waals surface area contributed by atoms with Crippen LogP contribution < -0.4 is 0 Å². The first-order valence-electron chi connectivity index (χ1n) is 4.71. The van der Waals surface area contributed by atoms with Gasteiger partial charge in [-0.05, 0) is 0 Å². The maximum Gasteiger partial charge on any atom is 0.417 e. The van der Waals surface area contributed by atoms with Crippen molar-refractivity contribution < 1.29 is 52.7 Å². The zero-order chi connectivity index (χ0) is 19.0. The van der Waals surface area contributed by atoms with Crippen molar-refractivity contribution in [3.63, 3.8) is 0 Å². The third kappa shape index (κ3) is 15.0. The van der Waals surface area contributed by atoms with Gasteiger partial charge in [0.2, 0.25) is 0 Å².